The molecule has 3 aliphatic rings. The molecule has 0 bridgehead atoms. The summed E-state index contributed by atoms with van der Waals surface area (Å²) in [5.74, 6) is 1.92. The van der Waals surface area contributed by atoms with E-state index in [0.717, 1.165) is 6.54 Å². The smallest absolute Gasteiger partial charge is 0.0543 e. The second kappa shape index (κ2) is 7.79. The van der Waals surface area contributed by atoms with Gasteiger partial charge in [-0.3, -0.25) is 4.90 Å². The summed E-state index contributed by atoms with van der Waals surface area (Å²) < 4.78 is 0. The van der Waals surface area contributed by atoms with Crippen LogP contribution < -0.4 is 4.90 Å². The van der Waals surface area contributed by atoms with Crippen molar-refractivity contribution in [2.24, 2.45) is 0 Å². The molecular weight excluding hydrogens is 384 g/mol. The third-order valence-electron chi connectivity index (χ3n) is 7.05. The number of likely N-dealkylation sites (tertiary alicyclic amines) is 1. The Labute approximate surface area is 183 Å². The van der Waals surface area contributed by atoms with Crippen LogP contribution in [0.3, 0.4) is 0 Å². The second-order valence-electron chi connectivity index (χ2n) is 8.85. The molecule has 2 atom stereocenters. The van der Waals surface area contributed by atoms with E-state index in [4.69, 9.17) is 0 Å². The molecule has 1 saturated heterocycles. The standard InChI is InChI=1S/C27H28N2S/c1-2-6-21(7-3-1)22-12-10-20(11-13-22)18-28-16-14-25-24(19-28)23-8-4-9-26-27(23)29(25)15-5-17-30-26/h1-4,6-13,24-25H,5,14-19H2. The number of fused-ring (bicyclic) bond motifs is 3. The maximum atomic E-state index is 2.77. The lowest BCUT2D eigenvalue weighted by molar-refractivity contribution is 0.186. The van der Waals surface area contributed by atoms with Gasteiger partial charge in [-0.15, -0.1) is 11.8 Å². The molecule has 3 aromatic rings. The Morgan fingerprint density at radius 1 is 0.833 bits per heavy atom. The molecule has 0 aromatic heterocycles. The average molecular weight is 413 g/mol. The summed E-state index contributed by atoms with van der Waals surface area (Å²) in [6.07, 6.45) is 2.59. The van der Waals surface area contributed by atoms with E-state index < -0.39 is 0 Å². The van der Waals surface area contributed by atoms with Gasteiger partial charge in [0, 0.05) is 43.0 Å². The van der Waals surface area contributed by atoms with E-state index in [2.05, 4.69) is 94.4 Å². The van der Waals surface area contributed by atoms with Crippen LogP contribution in [0.2, 0.25) is 0 Å². The first-order valence-electron chi connectivity index (χ1n) is 11.3. The van der Waals surface area contributed by atoms with Crippen LogP contribution in [0.5, 0.6) is 0 Å². The van der Waals surface area contributed by atoms with Crippen molar-refractivity contribution in [3.8, 4) is 11.1 Å². The zero-order valence-corrected chi connectivity index (χ0v) is 18.2. The first kappa shape index (κ1) is 18.5. The summed E-state index contributed by atoms with van der Waals surface area (Å²) in [6, 6.07) is 27.6. The van der Waals surface area contributed by atoms with Gasteiger partial charge < -0.3 is 4.90 Å². The first-order chi connectivity index (χ1) is 14.9. The number of anilines is 1. The second-order valence-corrected chi connectivity index (χ2v) is 9.99. The van der Waals surface area contributed by atoms with Crippen LogP contribution in [-0.4, -0.2) is 36.3 Å². The van der Waals surface area contributed by atoms with E-state index in [1.54, 1.807) is 11.3 Å². The molecule has 0 radical (unpaired) electrons. The molecule has 0 amide bonds. The van der Waals surface area contributed by atoms with Crippen molar-refractivity contribution < 1.29 is 0 Å². The number of thioether (sulfide) groups is 1. The van der Waals surface area contributed by atoms with Crippen LogP contribution in [0, 0.1) is 0 Å². The highest BCUT2D eigenvalue weighted by Gasteiger charge is 2.43. The van der Waals surface area contributed by atoms with Crippen molar-refractivity contribution in [1.29, 1.82) is 0 Å². The molecule has 30 heavy (non-hydrogen) atoms. The van der Waals surface area contributed by atoms with Gasteiger partial charge in [-0.05, 0) is 46.9 Å². The van der Waals surface area contributed by atoms with Crippen molar-refractivity contribution in [2.75, 3.05) is 30.3 Å². The SMILES string of the molecule is c1ccc(-c2ccc(CN3CCC4C(C3)c3cccc5c3N4CCCS5)cc2)cc1. The summed E-state index contributed by atoms with van der Waals surface area (Å²) >= 11 is 2.06. The number of piperidine rings is 1. The van der Waals surface area contributed by atoms with Crippen LogP contribution in [0.25, 0.3) is 11.1 Å². The predicted molar refractivity (Wildman–Crippen MR) is 127 cm³/mol. The van der Waals surface area contributed by atoms with Gasteiger partial charge in [-0.25, -0.2) is 0 Å². The van der Waals surface area contributed by atoms with Gasteiger partial charge in [0.15, 0.2) is 0 Å². The maximum Gasteiger partial charge on any atom is 0.0543 e. The van der Waals surface area contributed by atoms with E-state index in [-0.39, 0.29) is 0 Å². The van der Waals surface area contributed by atoms with E-state index in [1.807, 2.05) is 0 Å². The molecular formula is C27H28N2S. The normalized spacial score (nSPS) is 23.0. The third-order valence-corrected chi connectivity index (χ3v) is 8.18. The Morgan fingerprint density at radius 2 is 1.67 bits per heavy atom. The summed E-state index contributed by atoms with van der Waals surface area (Å²) in [7, 11) is 0. The van der Waals surface area contributed by atoms with Crippen LogP contribution in [0.15, 0.2) is 77.7 Å². The molecule has 3 aliphatic heterocycles. The highest BCUT2D eigenvalue weighted by molar-refractivity contribution is 7.99. The zero-order chi connectivity index (χ0) is 19.9. The molecule has 3 heteroatoms. The summed E-state index contributed by atoms with van der Waals surface area (Å²) in [5.41, 5.74) is 7.20. The minimum absolute atomic E-state index is 0.663. The number of nitrogens with zero attached hydrogens (tertiary/aromatic N) is 2. The number of para-hydroxylation sites is 1. The molecule has 6 rings (SSSR count). The van der Waals surface area contributed by atoms with Gasteiger partial charge in [0.05, 0.1) is 5.69 Å². The summed E-state index contributed by atoms with van der Waals surface area (Å²) in [6.45, 7) is 4.68. The molecule has 0 saturated carbocycles. The Morgan fingerprint density at radius 3 is 2.53 bits per heavy atom. The first-order valence-corrected chi connectivity index (χ1v) is 12.2. The number of rotatable bonds is 3. The van der Waals surface area contributed by atoms with Crippen molar-refractivity contribution >= 4 is 17.4 Å². The lowest BCUT2D eigenvalue weighted by atomic mass is 9.89. The van der Waals surface area contributed by atoms with Crippen molar-refractivity contribution in [3.05, 3.63) is 83.9 Å². The van der Waals surface area contributed by atoms with Gasteiger partial charge in [0.1, 0.15) is 0 Å². The summed E-state index contributed by atoms with van der Waals surface area (Å²) in [5, 5.41) is 0. The fourth-order valence-electron chi connectivity index (χ4n) is 5.64. The van der Waals surface area contributed by atoms with Crippen LogP contribution in [0.4, 0.5) is 5.69 Å². The van der Waals surface area contributed by atoms with Gasteiger partial charge in [-0.2, -0.15) is 0 Å². The lowest BCUT2D eigenvalue weighted by Crippen LogP contribution is -2.46. The predicted octanol–water partition coefficient (Wildman–Crippen LogP) is 6.03. The monoisotopic (exact) mass is 412 g/mol. The number of hydrogen-bond acceptors (Lipinski definition) is 3. The number of hydrogen-bond donors (Lipinski definition) is 0. The zero-order valence-electron chi connectivity index (χ0n) is 17.3. The molecule has 152 valence electrons. The van der Waals surface area contributed by atoms with Crippen LogP contribution in [-0.2, 0) is 6.54 Å². The van der Waals surface area contributed by atoms with Gasteiger partial charge in [-0.1, -0.05) is 66.7 Å². The highest BCUT2D eigenvalue weighted by atomic mass is 32.2. The molecule has 3 heterocycles. The van der Waals surface area contributed by atoms with Gasteiger partial charge >= 0.3 is 0 Å². The minimum atomic E-state index is 0.663. The van der Waals surface area contributed by atoms with Crippen molar-refractivity contribution in [3.63, 3.8) is 0 Å². The minimum Gasteiger partial charge on any atom is -0.367 e. The number of benzene rings is 3. The Balaban J connectivity index is 1.20. The Hall–Kier alpha value is -2.23. The molecule has 3 aromatic carbocycles. The van der Waals surface area contributed by atoms with Gasteiger partial charge in [0.25, 0.3) is 0 Å². The quantitative estimate of drug-likeness (QED) is 0.519. The van der Waals surface area contributed by atoms with E-state index in [1.165, 1.54) is 59.8 Å². The summed E-state index contributed by atoms with van der Waals surface area (Å²) in [4.78, 5) is 6.96. The Bertz CT molecular complexity index is 1030. The van der Waals surface area contributed by atoms with Gasteiger partial charge in [0.2, 0.25) is 0 Å². The largest absolute Gasteiger partial charge is 0.367 e. The molecule has 1 fully saturated rings. The van der Waals surface area contributed by atoms with E-state index in [9.17, 15) is 0 Å². The average Bonchev–Trinajstić information content (AvgIpc) is 2.95. The van der Waals surface area contributed by atoms with E-state index in [0.29, 0.717) is 12.0 Å². The molecule has 2 nitrogen and oxygen atoms in total. The van der Waals surface area contributed by atoms with Crippen molar-refractivity contribution in [1.82, 2.24) is 4.90 Å². The molecule has 0 aliphatic carbocycles. The van der Waals surface area contributed by atoms with Crippen molar-refractivity contribution in [2.45, 2.75) is 36.2 Å². The van der Waals surface area contributed by atoms with E-state index >= 15 is 0 Å². The third kappa shape index (κ3) is 3.25. The molecule has 0 N–H and O–H groups in total. The fraction of sp³-hybridized carbons (Fsp3) is 0.333. The molecule has 0 spiro atoms. The highest BCUT2D eigenvalue weighted by Crippen LogP contribution is 2.50. The topological polar surface area (TPSA) is 6.48 Å². The Kier molecular flexibility index (Phi) is 4.81. The van der Waals surface area contributed by atoms with Crippen LogP contribution in [0.1, 0.15) is 29.9 Å². The maximum absolute atomic E-state index is 2.77. The lowest BCUT2D eigenvalue weighted by Gasteiger charge is -2.39. The fourth-order valence-corrected chi connectivity index (χ4v) is 6.68. The van der Waals surface area contributed by atoms with Crippen LogP contribution >= 0.6 is 11.8 Å². The molecule has 2 unspecified atom stereocenters.